The van der Waals surface area contributed by atoms with Crippen molar-refractivity contribution in [3.8, 4) is 11.5 Å². The zero-order chi connectivity index (χ0) is 20.6. The van der Waals surface area contributed by atoms with Crippen LogP contribution in [0.4, 0.5) is 4.79 Å². The maximum Gasteiger partial charge on any atom is 0.508 e. The van der Waals surface area contributed by atoms with Crippen LogP contribution >= 0.6 is 0 Å². The summed E-state index contributed by atoms with van der Waals surface area (Å²) in [6, 6.07) is 4.21. The number of phenolic OH excluding ortho intramolecular Hbond substituents is 2. The van der Waals surface area contributed by atoms with Crippen molar-refractivity contribution in [2.75, 3.05) is 13.2 Å². The van der Waals surface area contributed by atoms with Gasteiger partial charge in [0.1, 0.15) is 24.9 Å². The second kappa shape index (κ2) is 10.1. The number of rotatable bonds is 8. The van der Waals surface area contributed by atoms with Crippen LogP contribution < -0.4 is 11.3 Å². The summed E-state index contributed by atoms with van der Waals surface area (Å²) in [5, 5.41) is 18.9. The van der Waals surface area contributed by atoms with Crippen LogP contribution in [0, 0.1) is 0 Å². The van der Waals surface area contributed by atoms with E-state index < -0.39 is 17.7 Å². The molecule has 0 radical (unpaired) electrons. The van der Waals surface area contributed by atoms with Gasteiger partial charge in [0.2, 0.25) is 0 Å². The topological polar surface area (TPSA) is 140 Å². The molecule has 1 fully saturated rings. The van der Waals surface area contributed by atoms with Crippen molar-refractivity contribution in [3.63, 3.8) is 0 Å². The van der Waals surface area contributed by atoms with Gasteiger partial charge in [0, 0.05) is 6.42 Å². The van der Waals surface area contributed by atoms with Gasteiger partial charge in [-0.1, -0.05) is 12.5 Å². The molecular weight excluding hydrogens is 368 g/mol. The van der Waals surface area contributed by atoms with Crippen molar-refractivity contribution in [3.05, 3.63) is 23.8 Å². The minimum Gasteiger partial charge on any atom is -0.504 e. The summed E-state index contributed by atoms with van der Waals surface area (Å²) >= 11 is 0. The van der Waals surface area contributed by atoms with Gasteiger partial charge in [-0.05, 0) is 50.3 Å². The van der Waals surface area contributed by atoms with E-state index in [0.29, 0.717) is 5.56 Å². The Morgan fingerprint density at radius 2 is 1.82 bits per heavy atom. The summed E-state index contributed by atoms with van der Waals surface area (Å²) in [4.78, 5) is 24.0. The van der Waals surface area contributed by atoms with Gasteiger partial charge < -0.3 is 24.4 Å². The number of benzene rings is 1. The summed E-state index contributed by atoms with van der Waals surface area (Å²) in [6.07, 6.45) is 4.17. The smallest absolute Gasteiger partial charge is 0.504 e. The van der Waals surface area contributed by atoms with E-state index in [-0.39, 0.29) is 37.2 Å². The van der Waals surface area contributed by atoms with Crippen LogP contribution in [-0.4, -0.2) is 47.2 Å². The average molecular weight is 396 g/mol. The molecule has 0 amide bonds. The molecule has 1 aliphatic carbocycles. The van der Waals surface area contributed by atoms with E-state index in [1.165, 1.54) is 19.1 Å². The second-order valence-corrected chi connectivity index (χ2v) is 7.09. The number of carbonyl (C=O) groups is 2. The number of nitrogens with one attached hydrogen (secondary N) is 1. The molecule has 1 aromatic rings. The van der Waals surface area contributed by atoms with Crippen molar-refractivity contribution in [2.24, 2.45) is 5.84 Å². The van der Waals surface area contributed by atoms with E-state index in [9.17, 15) is 19.8 Å². The lowest BCUT2D eigenvalue weighted by Gasteiger charge is -2.26. The Morgan fingerprint density at radius 3 is 2.46 bits per heavy atom. The number of carbonyl (C=O) groups excluding carboxylic acids is 2. The van der Waals surface area contributed by atoms with Crippen molar-refractivity contribution >= 4 is 12.1 Å². The lowest BCUT2D eigenvalue weighted by molar-refractivity contribution is -0.152. The maximum atomic E-state index is 12.4. The van der Waals surface area contributed by atoms with Crippen LogP contribution in [-0.2, 0) is 25.4 Å². The number of esters is 1. The Hall–Kier alpha value is -2.52. The molecule has 28 heavy (non-hydrogen) atoms. The van der Waals surface area contributed by atoms with Crippen molar-refractivity contribution in [1.82, 2.24) is 5.43 Å². The first-order chi connectivity index (χ1) is 13.3. The van der Waals surface area contributed by atoms with Gasteiger partial charge >= 0.3 is 12.1 Å². The van der Waals surface area contributed by atoms with Crippen LogP contribution in [0.25, 0.3) is 0 Å². The molecule has 0 spiro atoms. The molecule has 1 saturated carbocycles. The van der Waals surface area contributed by atoms with Gasteiger partial charge in [-0.2, -0.15) is 0 Å². The third kappa shape index (κ3) is 6.28. The summed E-state index contributed by atoms with van der Waals surface area (Å²) in [6.45, 7) is 1.27. The van der Waals surface area contributed by atoms with Crippen LogP contribution in [0.1, 0.15) is 44.6 Å². The van der Waals surface area contributed by atoms with Gasteiger partial charge in [0.25, 0.3) is 0 Å². The zero-order valence-electron chi connectivity index (χ0n) is 16.0. The number of hydrogen-bond acceptors (Lipinski definition) is 9. The average Bonchev–Trinajstić information content (AvgIpc) is 2.68. The molecule has 1 aliphatic rings. The summed E-state index contributed by atoms with van der Waals surface area (Å²) in [7, 11) is 0. The molecule has 0 aromatic heterocycles. The highest BCUT2D eigenvalue weighted by molar-refractivity contribution is 5.80. The Bertz CT molecular complexity index is 676. The molecule has 0 unspecified atom stereocenters. The SMILES string of the molecule is C[C@@](Cc1ccc(O)c(O)c1)(NN)C(=O)OCCOC(=O)OC1CCCCC1. The molecule has 2 rings (SSSR count). The second-order valence-electron chi connectivity index (χ2n) is 7.09. The quantitative estimate of drug-likeness (QED) is 0.170. The molecular formula is C19H28N2O7. The maximum absolute atomic E-state index is 12.4. The predicted molar refractivity (Wildman–Crippen MR) is 99.5 cm³/mol. The molecule has 1 aromatic carbocycles. The monoisotopic (exact) mass is 396 g/mol. The van der Waals surface area contributed by atoms with Gasteiger partial charge in [-0.25, -0.2) is 15.0 Å². The fraction of sp³-hybridized carbons (Fsp3) is 0.579. The van der Waals surface area contributed by atoms with E-state index in [4.69, 9.17) is 20.1 Å². The molecule has 9 heteroatoms. The largest absolute Gasteiger partial charge is 0.508 e. The molecule has 156 valence electrons. The number of phenols is 2. The number of ether oxygens (including phenoxy) is 3. The first kappa shape index (κ1) is 21.8. The Kier molecular flexibility index (Phi) is 7.89. The predicted octanol–water partition coefficient (Wildman–Crippen LogP) is 1.89. The Balaban J connectivity index is 1.76. The summed E-state index contributed by atoms with van der Waals surface area (Å²) < 4.78 is 15.3. The number of hydrogen-bond donors (Lipinski definition) is 4. The summed E-state index contributed by atoms with van der Waals surface area (Å²) in [5.41, 5.74) is 1.71. The highest BCUT2D eigenvalue weighted by Crippen LogP contribution is 2.27. The third-order valence-corrected chi connectivity index (χ3v) is 4.72. The van der Waals surface area contributed by atoms with Crippen LogP contribution in [0.3, 0.4) is 0 Å². The zero-order valence-corrected chi connectivity index (χ0v) is 16.0. The van der Waals surface area contributed by atoms with Gasteiger partial charge in [-0.3, -0.25) is 5.84 Å². The standard InChI is InChI=1S/C19H28N2O7/c1-19(21-20,12-13-7-8-15(22)16(23)11-13)17(24)26-9-10-27-18(25)28-14-5-3-2-4-6-14/h7-8,11,14,21-23H,2-6,9-10,12,20H2,1H3/t19-/m0/s1. The first-order valence-electron chi connectivity index (χ1n) is 9.33. The number of aromatic hydroxyl groups is 2. The van der Waals surface area contributed by atoms with E-state index in [1.807, 2.05) is 0 Å². The van der Waals surface area contributed by atoms with E-state index in [2.05, 4.69) is 5.43 Å². The molecule has 0 bridgehead atoms. The van der Waals surface area contributed by atoms with Gasteiger partial charge in [0.05, 0.1) is 0 Å². The molecule has 1 atom stereocenters. The van der Waals surface area contributed by atoms with Crippen molar-refractivity contribution in [1.29, 1.82) is 0 Å². The molecule has 9 nitrogen and oxygen atoms in total. The highest BCUT2D eigenvalue weighted by Gasteiger charge is 2.34. The Labute approximate surface area is 163 Å². The number of nitrogens with two attached hydrogens (primary N) is 1. The van der Waals surface area contributed by atoms with E-state index in [0.717, 1.165) is 32.1 Å². The third-order valence-electron chi connectivity index (χ3n) is 4.72. The van der Waals surface area contributed by atoms with E-state index in [1.54, 1.807) is 6.07 Å². The Morgan fingerprint density at radius 1 is 1.14 bits per heavy atom. The highest BCUT2D eigenvalue weighted by atomic mass is 16.7. The fourth-order valence-corrected chi connectivity index (χ4v) is 3.04. The van der Waals surface area contributed by atoms with Crippen LogP contribution in [0.2, 0.25) is 0 Å². The minimum atomic E-state index is -1.27. The normalized spacial score (nSPS) is 16.8. The minimum absolute atomic E-state index is 0.102. The van der Waals surface area contributed by atoms with Gasteiger partial charge in [-0.15, -0.1) is 0 Å². The molecule has 5 N–H and O–H groups in total. The lowest BCUT2D eigenvalue weighted by Crippen LogP contribution is -2.55. The lowest BCUT2D eigenvalue weighted by atomic mass is 9.93. The van der Waals surface area contributed by atoms with Crippen molar-refractivity contribution < 1.29 is 34.0 Å². The van der Waals surface area contributed by atoms with Crippen LogP contribution in [0.15, 0.2) is 18.2 Å². The van der Waals surface area contributed by atoms with Crippen LogP contribution in [0.5, 0.6) is 11.5 Å². The van der Waals surface area contributed by atoms with E-state index >= 15 is 0 Å². The van der Waals surface area contributed by atoms with Gasteiger partial charge in [0.15, 0.2) is 11.5 Å². The summed E-state index contributed by atoms with van der Waals surface area (Å²) in [5.74, 6) is 4.31. The number of hydrazine groups is 1. The first-order valence-corrected chi connectivity index (χ1v) is 9.33. The fourth-order valence-electron chi connectivity index (χ4n) is 3.04. The van der Waals surface area contributed by atoms with Crippen molar-refractivity contribution in [2.45, 2.75) is 57.1 Å². The molecule has 0 saturated heterocycles. The molecule has 0 aliphatic heterocycles. The molecule has 0 heterocycles.